The topological polar surface area (TPSA) is 35.5 Å². The molecule has 1 atom stereocenters. The van der Waals surface area contributed by atoms with Crippen molar-refractivity contribution in [2.24, 2.45) is 11.8 Å². The van der Waals surface area contributed by atoms with Crippen molar-refractivity contribution in [2.75, 3.05) is 6.61 Å². The van der Waals surface area contributed by atoms with Gasteiger partial charge in [0.15, 0.2) is 0 Å². The molecule has 0 aliphatic heterocycles. The van der Waals surface area contributed by atoms with Crippen LogP contribution >= 0.6 is 0 Å². The van der Waals surface area contributed by atoms with Crippen molar-refractivity contribution >= 4 is 5.97 Å². The maximum Gasteiger partial charge on any atom is 0.309 e. The van der Waals surface area contributed by atoms with Crippen LogP contribution in [0.25, 0.3) is 11.1 Å². The molecule has 1 aliphatic rings. The van der Waals surface area contributed by atoms with Crippen LogP contribution in [-0.2, 0) is 9.53 Å². The summed E-state index contributed by atoms with van der Waals surface area (Å²) < 4.78 is 11.9. The van der Waals surface area contributed by atoms with Gasteiger partial charge in [0, 0.05) is 0 Å². The molecule has 0 radical (unpaired) electrons. The standard InChI is InChI=1S/C34H50O3/c1-4-7-9-10-11-13-27-14-16-31(17-15-27)34(35)37-33(6-3)30-20-18-28(19-21-30)29-22-24-32(25-23-29)36-26-12-8-5-2/h18-25,27,31,33H,4-17,26H2,1-3H3. The van der Waals surface area contributed by atoms with Gasteiger partial charge in [-0.25, -0.2) is 0 Å². The van der Waals surface area contributed by atoms with Crippen LogP contribution in [-0.4, -0.2) is 12.6 Å². The third kappa shape index (κ3) is 9.83. The molecule has 2 aromatic rings. The number of benzene rings is 2. The van der Waals surface area contributed by atoms with Gasteiger partial charge in [0.05, 0.1) is 12.5 Å². The first kappa shape index (κ1) is 29.3. The minimum absolute atomic E-state index is 0.00634. The third-order valence-electron chi connectivity index (χ3n) is 8.01. The molecule has 1 saturated carbocycles. The Balaban J connectivity index is 1.45. The van der Waals surface area contributed by atoms with E-state index in [1.54, 1.807) is 0 Å². The predicted octanol–water partition coefficient (Wildman–Crippen LogP) is 10.1. The van der Waals surface area contributed by atoms with Crippen LogP contribution in [0.5, 0.6) is 5.75 Å². The van der Waals surface area contributed by atoms with Gasteiger partial charge in [-0.15, -0.1) is 0 Å². The zero-order valence-electron chi connectivity index (χ0n) is 23.7. The Morgan fingerprint density at radius 3 is 1.97 bits per heavy atom. The first-order chi connectivity index (χ1) is 18.1. The van der Waals surface area contributed by atoms with E-state index >= 15 is 0 Å². The summed E-state index contributed by atoms with van der Waals surface area (Å²) in [6, 6.07) is 16.8. The van der Waals surface area contributed by atoms with Gasteiger partial charge in [0.25, 0.3) is 0 Å². The summed E-state index contributed by atoms with van der Waals surface area (Å²) in [7, 11) is 0. The first-order valence-corrected chi connectivity index (χ1v) is 15.2. The second kappa shape index (κ2) is 16.5. The number of carbonyl (C=O) groups excluding carboxylic acids is 1. The Kier molecular flexibility index (Phi) is 13.1. The molecule has 3 nitrogen and oxygen atoms in total. The summed E-state index contributed by atoms with van der Waals surface area (Å²) >= 11 is 0. The monoisotopic (exact) mass is 506 g/mol. The molecule has 0 amide bonds. The van der Waals surface area contributed by atoms with Crippen LogP contribution in [0.15, 0.2) is 48.5 Å². The number of hydrogen-bond acceptors (Lipinski definition) is 3. The molecule has 3 heteroatoms. The van der Waals surface area contributed by atoms with Gasteiger partial charge in [0.1, 0.15) is 11.9 Å². The van der Waals surface area contributed by atoms with Crippen molar-refractivity contribution in [3.63, 3.8) is 0 Å². The highest BCUT2D eigenvalue weighted by Crippen LogP contribution is 2.34. The Hall–Kier alpha value is -2.29. The molecule has 37 heavy (non-hydrogen) atoms. The van der Waals surface area contributed by atoms with Crippen LogP contribution < -0.4 is 4.74 Å². The minimum Gasteiger partial charge on any atom is -0.494 e. The molecule has 1 unspecified atom stereocenters. The molecule has 204 valence electrons. The van der Waals surface area contributed by atoms with E-state index in [1.807, 2.05) is 12.1 Å². The Bertz CT molecular complexity index is 878. The van der Waals surface area contributed by atoms with E-state index in [1.165, 1.54) is 69.8 Å². The molecule has 1 fully saturated rings. The largest absolute Gasteiger partial charge is 0.494 e. The summed E-state index contributed by atoms with van der Waals surface area (Å²) in [5, 5.41) is 0. The Morgan fingerprint density at radius 1 is 0.757 bits per heavy atom. The predicted molar refractivity (Wildman–Crippen MR) is 155 cm³/mol. The Morgan fingerprint density at radius 2 is 1.35 bits per heavy atom. The number of ether oxygens (including phenoxy) is 2. The van der Waals surface area contributed by atoms with Crippen molar-refractivity contribution in [2.45, 2.75) is 117 Å². The summed E-state index contributed by atoms with van der Waals surface area (Å²) in [4.78, 5) is 13.0. The fourth-order valence-corrected chi connectivity index (χ4v) is 5.52. The fraction of sp³-hybridized carbons (Fsp3) is 0.618. The van der Waals surface area contributed by atoms with Gasteiger partial charge in [-0.2, -0.15) is 0 Å². The van der Waals surface area contributed by atoms with E-state index in [0.717, 1.165) is 55.1 Å². The average molecular weight is 507 g/mol. The SMILES string of the molecule is CCCCCCCC1CCC(C(=O)OC(CC)c2ccc(-c3ccc(OCCCCC)cc3)cc2)CC1. The number of esters is 1. The molecule has 1 aliphatic carbocycles. The van der Waals surface area contributed by atoms with Crippen molar-refractivity contribution in [3.8, 4) is 16.9 Å². The average Bonchev–Trinajstić information content (AvgIpc) is 2.94. The molecule has 0 heterocycles. The number of hydrogen-bond donors (Lipinski definition) is 0. The van der Waals surface area contributed by atoms with E-state index in [2.05, 4.69) is 57.2 Å². The van der Waals surface area contributed by atoms with Gasteiger partial charge >= 0.3 is 5.97 Å². The van der Waals surface area contributed by atoms with Gasteiger partial charge < -0.3 is 9.47 Å². The maximum atomic E-state index is 13.0. The van der Waals surface area contributed by atoms with Gasteiger partial charge in [-0.3, -0.25) is 4.79 Å². The maximum absolute atomic E-state index is 13.0. The van der Waals surface area contributed by atoms with Crippen molar-refractivity contribution in [1.82, 2.24) is 0 Å². The quantitative estimate of drug-likeness (QED) is 0.168. The molecule has 0 bridgehead atoms. The summed E-state index contributed by atoms with van der Waals surface area (Å²) in [6.07, 6.45) is 16.6. The highest BCUT2D eigenvalue weighted by Gasteiger charge is 2.29. The van der Waals surface area contributed by atoms with E-state index in [0.29, 0.717) is 0 Å². The van der Waals surface area contributed by atoms with Crippen LogP contribution in [0, 0.1) is 11.8 Å². The van der Waals surface area contributed by atoms with E-state index in [4.69, 9.17) is 9.47 Å². The van der Waals surface area contributed by atoms with Gasteiger partial charge in [0.2, 0.25) is 0 Å². The zero-order valence-corrected chi connectivity index (χ0v) is 23.7. The summed E-state index contributed by atoms with van der Waals surface area (Å²) in [6.45, 7) is 7.35. The normalized spacial score (nSPS) is 18.4. The van der Waals surface area contributed by atoms with E-state index < -0.39 is 0 Å². The molecule has 0 N–H and O–H groups in total. The van der Waals surface area contributed by atoms with Crippen molar-refractivity contribution < 1.29 is 14.3 Å². The Labute approximate surface area is 226 Å². The lowest BCUT2D eigenvalue weighted by Gasteiger charge is -2.28. The highest BCUT2D eigenvalue weighted by molar-refractivity contribution is 5.73. The third-order valence-corrected chi connectivity index (χ3v) is 8.01. The molecular formula is C34H50O3. The van der Waals surface area contributed by atoms with Gasteiger partial charge in [-0.1, -0.05) is 109 Å². The summed E-state index contributed by atoms with van der Waals surface area (Å²) in [5.74, 6) is 1.82. The van der Waals surface area contributed by atoms with Crippen molar-refractivity contribution in [3.05, 3.63) is 54.1 Å². The lowest BCUT2D eigenvalue weighted by Crippen LogP contribution is -2.25. The van der Waals surface area contributed by atoms with Crippen LogP contribution in [0.1, 0.15) is 122 Å². The van der Waals surface area contributed by atoms with Crippen LogP contribution in [0.2, 0.25) is 0 Å². The van der Waals surface area contributed by atoms with Crippen LogP contribution in [0.4, 0.5) is 0 Å². The number of unbranched alkanes of at least 4 members (excludes halogenated alkanes) is 6. The highest BCUT2D eigenvalue weighted by atomic mass is 16.5. The summed E-state index contributed by atoms with van der Waals surface area (Å²) in [5.41, 5.74) is 3.41. The van der Waals surface area contributed by atoms with Crippen LogP contribution in [0.3, 0.4) is 0 Å². The number of rotatable bonds is 16. The molecule has 0 aromatic heterocycles. The van der Waals surface area contributed by atoms with E-state index in [9.17, 15) is 4.79 Å². The van der Waals surface area contributed by atoms with E-state index in [-0.39, 0.29) is 18.0 Å². The second-order valence-corrected chi connectivity index (χ2v) is 11.0. The first-order valence-electron chi connectivity index (χ1n) is 15.2. The lowest BCUT2D eigenvalue weighted by molar-refractivity contribution is -0.156. The van der Waals surface area contributed by atoms with Crippen molar-refractivity contribution in [1.29, 1.82) is 0 Å². The fourth-order valence-electron chi connectivity index (χ4n) is 5.52. The molecule has 0 saturated heterocycles. The number of carbonyl (C=O) groups is 1. The smallest absolute Gasteiger partial charge is 0.309 e. The molecular weight excluding hydrogens is 456 g/mol. The minimum atomic E-state index is -0.170. The van der Waals surface area contributed by atoms with Gasteiger partial charge in [-0.05, 0) is 73.3 Å². The second-order valence-electron chi connectivity index (χ2n) is 11.0. The molecule has 2 aromatic carbocycles. The lowest BCUT2D eigenvalue weighted by atomic mass is 9.79. The molecule has 0 spiro atoms. The molecule has 3 rings (SSSR count). The zero-order chi connectivity index (χ0) is 26.3.